The Hall–Kier alpha value is -1.07. The monoisotopic (exact) mass is 172 g/mol. The number of hydrogen-bond acceptors (Lipinski definition) is 3. The van der Waals surface area contributed by atoms with Gasteiger partial charge in [-0.15, -0.1) is 0 Å². The van der Waals surface area contributed by atoms with Crippen LogP contribution in [-0.4, -0.2) is 24.7 Å². The molecular weight excluding hydrogens is 164 g/mol. The van der Waals surface area contributed by atoms with Gasteiger partial charge < -0.3 is 0 Å². The Kier molecular flexibility index (Phi) is 8.06. The van der Waals surface area contributed by atoms with Crippen molar-refractivity contribution in [2.75, 3.05) is 24.7 Å². The van der Waals surface area contributed by atoms with Gasteiger partial charge in [-0.1, -0.05) is 0 Å². The van der Waals surface area contributed by atoms with Crippen molar-refractivity contribution in [1.82, 2.24) is 0 Å². The van der Waals surface area contributed by atoms with Gasteiger partial charge in [0.2, 0.25) is 0 Å². The molecular formula is C6H8N2O2S. The Bertz CT molecular complexity index is 143. The highest BCUT2D eigenvalue weighted by molar-refractivity contribution is 7.99. The minimum atomic E-state index is 0.437. The molecule has 0 aliphatic heterocycles. The smallest absolute Gasteiger partial charge is 0.183 e. The first-order valence-electron chi connectivity index (χ1n) is 2.97. The van der Waals surface area contributed by atoms with E-state index in [1.54, 1.807) is 11.8 Å². The van der Waals surface area contributed by atoms with Crippen LogP contribution in [0.5, 0.6) is 0 Å². The molecule has 0 saturated carbocycles. The van der Waals surface area contributed by atoms with Crippen LogP contribution in [0.15, 0.2) is 0 Å². The van der Waals surface area contributed by atoms with Gasteiger partial charge in [0, 0.05) is 11.5 Å². The van der Waals surface area contributed by atoms with E-state index in [1.807, 2.05) is 0 Å². The number of hydrogen-bond donors (Lipinski definition) is 0. The van der Waals surface area contributed by atoms with Gasteiger partial charge in [-0.05, 0) is 10.0 Å². The molecule has 11 heavy (non-hydrogen) atoms. The molecule has 0 aliphatic carbocycles. The molecule has 0 bridgehead atoms. The highest BCUT2D eigenvalue weighted by Gasteiger charge is 1.92. The van der Waals surface area contributed by atoms with Gasteiger partial charge in [0.25, 0.3) is 0 Å². The van der Waals surface area contributed by atoms with Crippen LogP contribution >= 0.6 is 11.8 Å². The van der Waals surface area contributed by atoms with Crippen molar-refractivity contribution in [3.05, 3.63) is 23.2 Å². The Morgan fingerprint density at radius 3 is 1.82 bits per heavy atom. The van der Waals surface area contributed by atoms with Gasteiger partial charge in [-0.3, -0.25) is 0 Å². The van der Waals surface area contributed by atoms with Gasteiger partial charge in [0.1, 0.15) is 0 Å². The molecule has 60 valence electrons. The molecule has 0 aromatic rings. The van der Waals surface area contributed by atoms with E-state index in [0.29, 0.717) is 13.2 Å². The molecule has 5 heteroatoms. The zero-order valence-electron chi connectivity index (χ0n) is 5.95. The Balaban J connectivity index is 2.82. The lowest BCUT2D eigenvalue weighted by Crippen LogP contribution is -1.95. The van der Waals surface area contributed by atoms with Crippen molar-refractivity contribution >= 4 is 11.8 Å². The van der Waals surface area contributed by atoms with Gasteiger partial charge in [-0.2, -0.15) is 34.6 Å². The SMILES string of the molecule is [C-]#[N+]OCCSCCO[N+]#[C-]. The first-order valence-corrected chi connectivity index (χ1v) is 4.12. The lowest BCUT2D eigenvalue weighted by atomic mass is 10.9. The zero-order chi connectivity index (χ0) is 8.36. The van der Waals surface area contributed by atoms with Gasteiger partial charge in [-0.25, -0.2) is 0 Å². The molecule has 0 unspecified atom stereocenters. The summed E-state index contributed by atoms with van der Waals surface area (Å²) in [5, 5.41) is 5.45. The standard InChI is InChI=1S/C6H8N2O2S/c1-7-9-3-5-11-6-4-10-8-2/h3-6H2. The van der Waals surface area contributed by atoms with Gasteiger partial charge >= 0.3 is 0 Å². The second kappa shape index (κ2) is 8.93. The summed E-state index contributed by atoms with van der Waals surface area (Å²) < 4.78 is 0. The van der Waals surface area contributed by atoms with Crippen molar-refractivity contribution in [1.29, 1.82) is 0 Å². The van der Waals surface area contributed by atoms with E-state index in [1.165, 1.54) is 0 Å². The normalized spacial score (nSPS) is 7.82. The second-order valence-corrected chi connectivity index (χ2v) is 2.69. The van der Waals surface area contributed by atoms with Crippen LogP contribution in [-0.2, 0) is 9.68 Å². The van der Waals surface area contributed by atoms with Crippen LogP contribution in [0.25, 0.3) is 10.0 Å². The molecule has 0 aromatic heterocycles. The summed E-state index contributed by atoms with van der Waals surface area (Å²) in [4.78, 5) is 8.82. The fourth-order valence-electron chi connectivity index (χ4n) is 0.386. The maximum absolute atomic E-state index is 6.28. The quantitative estimate of drug-likeness (QED) is 0.344. The lowest BCUT2D eigenvalue weighted by molar-refractivity contribution is 0.261. The number of nitrogens with zero attached hydrogens (tertiary/aromatic N) is 2. The van der Waals surface area contributed by atoms with Gasteiger partial charge in [0.05, 0.1) is 0 Å². The highest BCUT2D eigenvalue weighted by atomic mass is 32.2. The van der Waals surface area contributed by atoms with Crippen molar-refractivity contribution < 1.29 is 9.68 Å². The highest BCUT2D eigenvalue weighted by Crippen LogP contribution is 1.99. The van der Waals surface area contributed by atoms with E-state index in [4.69, 9.17) is 13.1 Å². The van der Waals surface area contributed by atoms with Crippen molar-refractivity contribution in [2.45, 2.75) is 0 Å². The summed E-state index contributed by atoms with van der Waals surface area (Å²) in [6, 6.07) is 0. The summed E-state index contributed by atoms with van der Waals surface area (Å²) in [5.41, 5.74) is 0. The maximum atomic E-state index is 6.28. The summed E-state index contributed by atoms with van der Waals surface area (Å²) in [6.07, 6.45) is 0. The molecule has 0 fully saturated rings. The molecule has 0 aliphatic rings. The van der Waals surface area contributed by atoms with E-state index < -0.39 is 0 Å². The third kappa shape index (κ3) is 8.93. The van der Waals surface area contributed by atoms with E-state index in [2.05, 4.69) is 19.7 Å². The molecule has 0 radical (unpaired) electrons. The molecule has 0 heterocycles. The van der Waals surface area contributed by atoms with Crippen LogP contribution in [0.4, 0.5) is 0 Å². The van der Waals surface area contributed by atoms with E-state index in [0.717, 1.165) is 11.5 Å². The Morgan fingerprint density at radius 2 is 1.45 bits per heavy atom. The minimum absolute atomic E-state index is 0.437. The fourth-order valence-corrected chi connectivity index (χ4v) is 0.975. The molecule has 0 N–H and O–H groups in total. The Labute approximate surface area is 70.0 Å². The summed E-state index contributed by atoms with van der Waals surface area (Å²) in [5.74, 6) is 1.54. The molecule has 0 amide bonds. The van der Waals surface area contributed by atoms with Crippen LogP contribution in [0.2, 0.25) is 0 Å². The molecule has 4 nitrogen and oxygen atoms in total. The summed E-state index contributed by atoms with van der Waals surface area (Å²) >= 11 is 1.60. The van der Waals surface area contributed by atoms with Gasteiger partial charge in [0.15, 0.2) is 13.2 Å². The van der Waals surface area contributed by atoms with Crippen LogP contribution in [0.1, 0.15) is 0 Å². The Morgan fingerprint density at radius 1 is 1.00 bits per heavy atom. The average Bonchev–Trinajstić information content (AvgIpc) is 2.03. The summed E-state index contributed by atoms with van der Waals surface area (Å²) in [7, 11) is 0. The van der Waals surface area contributed by atoms with Crippen molar-refractivity contribution in [2.24, 2.45) is 0 Å². The largest absolute Gasteiger partial charge is 0.198 e. The zero-order valence-corrected chi connectivity index (χ0v) is 6.76. The first kappa shape index (κ1) is 9.93. The maximum Gasteiger partial charge on any atom is 0.183 e. The van der Waals surface area contributed by atoms with Crippen LogP contribution in [0.3, 0.4) is 0 Å². The lowest BCUT2D eigenvalue weighted by Gasteiger charge is -1.92. The second-order valence-electron chi connectivity index (χ2n) is 1.46. The third-order valence-corrected chi connectivity index (χ3v) is 1.68. The number of thioether (sulfide) groups is 1. The molecule has 0 spiro atoms. The van der Waals surface area contributed by atoms with E-state index in [9.17, 15) is 0 Å². The summed E-state index contributed by atoms with van der Waals surface area (Å²) in [6.45, 7) is 13.4. The molecule has 0 atom stereocenters. The third-order valence-electron chi connectivity index (χ3n) is 0.767. The van der Waals surface area contributed by atoms with E-state index >= 15 is 0 Å². The van der Waals surface area contributed by atoms with Crippen molar-refractivity contribution in [3.8, 4) is 0 Å². The molecule has 0 rings (SSSR count). The van der Waals surface area contributed by atoms with Crippen molar-refractivity contribution in [3.63, 3.8) is 0 Å². The molecule has 0 aromatic carbocycles. The number of rotatable bonds is 6. The van der Waals surface area contributed by atoms with E-state index in [-0.39, 0.29) is 0 Å². The van der Waals surface area contributed by atoms with Crippen LogP contribution < -0.4 is 0 Å². The predicted molar refractivity (Wildman–Crippen MR) is 42.4 cm³/mol. The fraction of sp³-hybridized carbons (Fsp3) is 0.667. The first-order chi connectivity index (χ1) is 5.41. The predicted octanol–water partition coefficient (Wildman–Crippen LogP) is 1.42. The minimum Gasteiger partial charge on any atom is -0.198 e. The average molecular weight is 172 g/mol. The molecule has 0 saturated heterocycles. The van der Waals surface area contributed by atoms with Crippen LogP contribution in [0, 0.1) is 13.1 Å². The topological polar surface area (TPSA) is 27.2 Å².